The molecule has 2 aliphatic heterocycles. The molecule has 0 saturated carbocycles. The number of carbonyl (C=O) groups excluding carboxylic acids is 1. The lowest BCUT2D eigenvalue weighted by Crippen LogP contribution is -2.48. The van der Waals surface area contributed by atoms with Gasteiger partial charge < -0.3 is 9.88 Å². The smallest absolute Gasteiger partial charge is 0.329 e. The Kier molecular flexibility index (Phi) is 3.89. The Bertz CT molecular complexity index is 1320. The molecule has 0 aromatic carbocycles. The van der Waals surface area contributed by atoms with E-state index in [-0.39, 0.29) is 12.1 Å². The number of pyridine rings is 3. The zero-order valence-corrected chi connectivity index (χ0v) is 16.9. The SMILES string of the molecule is Cc1cc(-c2ccc3c(n2)N(C(=O)Nc2nccc4[nH]cnc24)C2CCN3C2)ccn1. The predicted octanol–water partition coefficient (Wildman–Crippen LogP) is 3.35. The minimum absolute atomic E-state index is 0.0628. The average Bonchev–Trinajstić information content (AvgIpc) is 3.42. The molecule has 1 saturated heterocycles. The second-order valence-electron chi connectivity index (χ2n) is 7.87. The van der Waals surface area contributed by atoms with Crippen molar-refractivity contribution < 1.29 is 4.79 Å². The molecule has 2 bridgehead atoms. The first-order chi connectivity index (χ1) is 15.2. The van der Waals surface area contributed by atoms with Gasteiger partial charge in [-0.3, -0.25) is 15.2 Å². The van der Waals surface area contributed by atoms with Crippen molar-refractivity contribution in [2.45, 2.75) is 19.4 Å². The number of anilines is 3. The molecule has 0 aliphatic carbocycles. The summed E-state index contributed by atoms with van der Waals surface area (Å²) in [4.78, 5) is 38.4. The van der Waals surface area contributed by atoms with E-state index >= 15 is 0 Å². The molecule has 1 fully saturated rings. The van der Waals surface area contributed by atoms with Crippen LogP contribution in [0.25, 0.3) is 22.3 Å². The topological polar surface area (TPSA) is 103 Å². The zero-order valence-electron chi connectivity index (χ0n) is 16.9. The fourth-order valence-corrected chi connectivity index (χ4v) is 4.46. The summed E-state index contributed by atoms with van der Waals surface area (Å²) in [6, 6.07) is 9.65. The first-order valence-corrected chi connectivity index (χ1v) is 10.2. The van der Waals surface area contributed by atoms with E-state index in [4.69, 9.17) is 4.98 Å². The fourth-order valence-electron chi connectivity index (χ4n) is 4.46. The summed E-state index contributed by atoms with van der Waals surface area (Å²) in [6.45, 7) is 3.66. The van der Waals surface area contributed by atoms with Gasteiger partial charge in [-0.1, -0.05) is 0 Å². The van der Waals surface area contributed by atoms with Crippen LogP contribution in [0.3, 0.4) is 0 Å². The normalized spacial score (nSPS) is 17.1. The molecular weight excluding hydrogens is 392 g/mol. The Morgan fingerprint density at radius 3 is 2.97 bits per heavy atom. The largest absolute Gasteiger partial charge is 0.366 e. The molecule has 0 radical (unpaired) electrons. The number of aryl methyl sites for hydroxylation is 1. The Morgan fingerprint density at radius 2 is 2.06 bits per heavy atom. The van der Waals surface area contributed by atoms with E-state index < -0.39 is 0 Å². The van der Waals surface area contributed by atoms with E-state index in [1.807, 2.05) is 31.2 Å². The van der Waals surface area contributed by atoms with Crippen LogP contribution in [0, 0.1) is 6.92 Å². The molecule has 9 nitrogen and oxygen atoms in total. The summed E-state index contributed by atoms with van der Waals surface area (Å²) in [5, 5.41) is 2.96. The fraction of sp³-hybridized carbons (Fsp3) is 0.227. The van der Waals surface area contributed by atoms with Crippen molar-refractivity contribution in [1.29, 1.82) is 0 Å². The molecule has 6 heterocycles. The number of nitrogens with zero attached hydrogens (tertiary/aromatic N) is 6. The van der Waals surface area contributed by atoms with Gasteiger partial charge in [0.2, 0.25) is 0 Å². The van der Waals surface area contributed by atoms with Gasteiger partial charge in [-0.2, -0.15) is 0 Å². The molecule has 2 N–H and O–H groups in total. The van der Waals surface area contributed by atoms with Gasteiger partial charge in [-0.25, -0.2) is 19.7 Å². The second-order valence-corrected chi connectivity index (χ2v) is 7.87. The zero-order chi connectivity index (χ0) is 20.9. The lowest BCUT2D eigenvalue weighted by atomic mass is 10.1. The first kappa shape index (κ1) is 17.8. The third-order valence-electron chi connectivity index (χ3n) is 5.93. The lowest BCUT2D eigenvalue weighted by molar-refractivity contribution is 0.255. The third-order valence-corrected chi connectivity index (χ3v) is 5.93. The van der Waals surface area contributed by atoms with Crippen LogP contribution in [0.1, 0.15) is 12.1 Å². The van der Waals surface area contributed by atoms with Gasteiger partial charge >= 0.3 is 6.03 Å². The van der Waals surface area contributed by atoms with Crippen LogP contribution in [0.2, 0.25) is 0 Å². The van der Waals surface area contributed by atoms with Crippen molar-refractivity contribution in [3.8, 4) is 11.3 Å². The third kappa shape index (κ3) is 2.89. The molecule has 9 heteroatoms. The standard InChI is InChI=1S/C22H20N8O/c1-13-10-14(4-7-23-13)16-2-3-18-21(27-16)30(15-6-9-29(18)11-15)22(31)28-20-19-17(5-8-24-20)25-12-26-19/h2-5,7-8,10,12,15H,6,9,11H2,1H3,(H,25,26)(H,24,28,31). The van der Waals surface area contributed by atoms with Crippen LogP contribution < -0.4 is 15.1 Å². The van der Waals surface area contributed by atoms with Crippen molar-refractivity contribution in [2.24, 2.45) is 0 Å². The molecule has 1 unspecified atom stereocenters. The van der Waals surface area contributed by atoms with Gasteiger partial charge in [0, 0.05) is 36.7 Å². The van der Waals surface area contributed by atoms with Crippen molar-refractivity contribution in [1.82, 2.24) is 24.9 Å². The lowest BCUT2D eigenvalue weighted by Gasteiger charge is -2.35. The minimum Gasteiger partial charge on any atom is -0.366 e. The summed E-state index contributed by atoms with van der Waals surface area (Å²) >= 11 is 0. The Hall–Kier alpha value is -4.01. The molecule has 4 aromatic heterocycles. The monoisotopic (exact) mass is 412 g/mol. The minimum atomic E-state index is -0.244. The van der Waals surface area contributed by atoms with Crippen molar-refractivity contribution >= 4 is 34.4 Å². The molecule has 2 amide bonds. The average molecular weight is 412 g/mol. The Labute approximate surface area is 178 Å². The van der Waals surface area contributed by atoms with E-state index in [1.165, 1.54) is 0 Å². The summed E-state index contributed by atoms with van der Waals surface area (Å²) < 4.78 is 0. The maximum absolute atomic E-state index is 13.5. The molecule has 2 aliphatic rings. The van der Waals surface area contributed by atoms with Crippen LogP contribution in [0.15, 0.2) is 49.1 Å². The van der Waals surface area contributed by atoms with E-state index in [0.29, 0.717) is 17.2 Å². The highest BCUT2D eigenvalue weighted by molar-refractivity contribution is 6.07. The number of aromatic amines is 1. The Balaban J connectivity index is 1.41. The number of aromatic nitrogens is 5. The van der Waals surface area contributed by atoms with Gasteiger partial charge in [0.1, 0.15) is 5.52 Å². The maximum atomic E-state index is 13.5. The van der Waals surface area contributed by atoms with E-state index in [9.17, 15) is 4.79 Å². The number of carbonyl (C=O) groups is 1. The van der Waals surface area contributed by atoms with Gasteiger partial charge in [0.15, 0.2) is 11.6 Å². The van der Waals surface area contributed by atoms with Crippen LogP contribution in [0.5, 0.6) is 0 Å². The summed E-state index contributed by atoms with van der Waals surface area (Å²) in [7, 11) is 0. The number of H-pyrrole nitrogens is 1. The maximum Gasteiger partial charge on any atom is 0.329 e. The van der Waals surface area contributed by atoms with Gasteiger partial charge in [-0.05, 0) is 43.7 Å². The van der Waals surface area contributed by atoms with Crippen LogP contribution >= 0.6 is 0 Å². The van der Waals surface area contributed by atoms with Crippen molar-refractivity contribution in [2.75, 3.05) is 28.2 Å². The number of nitrogens with one attached hydrogen (secondary N) is 2. The first-order valence-electron chi connectivity index (χ1n) is 10.2. The van der Waals surface area contributed by atoms with Gasteiger partial charge in [0.25, 0.3) is 0 Å². The van der Waals surface area contributed by atoms with E-state index in [1.54, 1.807) is 23.6 Å². The van der Waals surface area contributed by atoms with Crippen LogP contribution in [-0.4, -0.2) is 50.1 Å². The van der Waals surface area contributed by atoms with Crippen LogP contribution in [0.4, 0.5) is 22.1 Å². The molecule has 1 atom stereocenters. The highest BCUT2D eigenvalue weighted by Crippen LogP contribution is 2.40. The molecule has 31 heavy (non-hydrogen) atoms. The number of urea groups is 1. The number of amides is 2. The molecule has 0 spiro atoms. The quantitative estimate of drug-likeness (QED) is 0.523. The van der Waals surface area contributed by atoms with Crippen LogP contribution in [-0.2, 0) is 0 Å². The van der Waals surface area contributed by atoms with E-state index in [0.717, 1.165) is 47.7 Å². The summed E-state index contributed by atoms with van der Waals surface area (Å²) in [5.74, 6) is 1.11. The molecule has 4 aromatic rings. The molecular formula is C22H20N8O. The number of rotatable bonds is 2. The second kappa shape index (κ2) is 6.76. The summed E-state index contributed by atoms with van der Waals surface area (Å²) in [6.07, 6.45) is 5.92. The summed E-state index contributed by atoms with van der Waals surface area (Å²) in [5.41, 5.74) is 5.15. The van der Waals surface area contributed by atoms with Gasteiger partial charge in [0.05, 0.1) is 29.3 Å². The Morgan fingerprint density at radius 1 is 1.16 bits per heavy atom. The molecule has 6 rings (SSSR count). The van der Waals surface area contributed by atoms with E-state index in [2.05, 4.69) is 36.2 Å². The predicted molar refractivity (Wildman–Crippen MR) is 118 cm³/mol. The molecule has 154 valence electrons. The number of hydrogen-bond donors (Lipinski definition) is 2. The van der Waals surface area contributed by atoms with Gasteiger partial charge in [-0.15, -0.1) is 0 Å². The highest BCUT2D eigenvalue weighted by Gasteiger charge is 2.40. The number of hydrogen-bond acceptors (Lipinski definition) is 6. The number of fused-ring (bicyclic) bond motifs is 5. The highest BCUT2D eigenvalue weighted by atomic mass is 16.2. The van der Waals surface area contributed by atoms with Crippen molar-refractivity contribution in [3.05, 3.63) is 54.7 Å². The number of imidazole rings is 1. The van der Waals surface area contributed by atoms with Crippen molar-refractivity contribution in [3.63, 3.8) is 0 Å².